The van der Waals surface area contributed by atoms with Gasteiger partial charge in [0.2, 0.25) is 0 Å². The molecule has 1 aromatic heterocycles. The molecule has 0 spiro atoms. The van der Waals surface area contributed by atoms with Crippen LogP contribution in [0.3, 0.4) is 0 Å². The Morgan fingerprint density at radius 3 is 2.82 bits per heavy atom. The predicted octanol–water partition coefficient (Wildman–Crippen LogP) is 2.70. The molecule has 0 aliphatic carbocycles. The number of aromatic nitrogens is 1. The van der Waals surface area contributed by atoms with Gasteiger partial charge in [-0.05, 0) is 50.9 Å². The summed E-state index contributed by atoms with van der Waals surface area (Å²) in [6.07, 6.45) is 5.16. The Balaban J connectivity index is 1.72. The molecule has 1 aliphatic rings. The van der Waals surface area contributed by atoms with Gasteiger partial charge in [-0.1, -0.05) is 18.2 Å². The topological polar surface area (TPSA) is 45.2 Å². The quantitative estimate of drug-likeness (QED) is 0.943. The molecule has 0 radical (unpaired) electrons. The minimum Gasteiger partial charge on any atom is -0.339 e. The first kappa shape index (κ1) is 15.0. The number of rotatable bonds is 4. The standard InChI is InChI=1S/C18H23N3O/c1-19-11-7-14-8-12-21(13-9-14)18(22)16-6-2-4-15-5-3-10-20-17(15)16/h2-6,10,14,19H,7-9,11-13H2,1H3. The Bertz CT molecular complexity index is 642. The molecule has 3 rings (SSSR count). The highest BCUT2D eigenvalue weighted by Crippen LogP contribution is 2.23. The molecular formula is C18H23N3O. The van der Waals surface area contributed by atoms with E-state index in [0.29, 0.717) is 0 Å². The van der Waals surface area contributed by atoms with Crippen molar-refractivity contribution in [2.75, 3.05) is 26.7 Å². The van der Waals surface area contributed by atoms with E-state index >= 15 is 0 Å². The Morgan fingerprint density at radius 2 is 2.05 bits per heavy atom. The number of carbonyl (C=O) groups is 1. The number of nitrogens with zero attached hydrogens (tertiary/aromatic N) is 2. The van der Waals surface area contributed by atoms with Gasteiger partial charge < -0.3 is 10.2 Å². The molecule has 0 unspecified atom stereocenters. The van der Waals surface area contributed by atoms with Crippen molar-refractivity contribution in [3.05, 3.63) is 42.1 Å². The highest BCUT2D eigenvalue weighted by Gasteiger charge is 2.24. The van der Waals surface area contributed by atoms with Crippen molar-refractivity contribution in [3.63, 3.8) is 0 Å². The third-order valence-electron chi connectivity index (χ3n) is 4.57. The summed E-state index contributed by atoms with van der Waals surface area (Å²) in [5.41, 5.74) is 1.54. The molecule has 116 valence electrons. The van der Waals surface area contributed by atoms with E-state index in [4.69, 9.17) is 0 Å². The van der Waals surface area contributed by atoms with Crippen LogP contribution in [-0.4, -0.2) is 42.5 Å². The van der Waals surface area contributed by atoms with Crippen LogP contribution in [-0.2, 0) is 0 Å². The van der Waals surface area contributed by atoms with Crippen molar-refractivity contribution in [1.29, 1.82) is 0 Å². The van der Waals surface area contributed by atoms with Gasteiger partial charge in [-0.2, -0.15) is 0 Å². The van der Waals surface area contributed by atoms with Crippen LogP contribution in [0.5, 0.6) is 0 Å². The van der Waals surface area contributed by atoms with Gasteiger partial charge in [0, 0.05) is 24.7 Å². The lowest BCUT2D eigenvalue weighted by atomic mass is 9.93. The summed E-state index contributed by atoms with van der Waals surface area (Å²) in [6, 6.07) is 9.75. The van der Waals surface area contributed by atoms with Gasteiger partial charge in [0.1, 0.15) is 0 Å². The Hall–Kier alpha value is -1.94. The number of fused-ring (bicyclic) bond motifs is 1. The zero-order valence-electron chi connectivity index (χ0n) is 13.1. The van der Waals surface area contributed by atoms with Gasteiger partial charge in [0.15, 0.2) is 0 Å². The Kier molecular flexibility index (Phi) is 4.68. The molecule has 22 heavy (non-hydrogen) atoms. The third kappa shape index (κ3) is 3.12. The minimum absolute atomic E-state index is 0.122. The summed E-state index contributed by atoms with van der Waals surface area (Å²) in [7, 11) is 1.99. The lowest BCUT2D eigenvalue weighted by Gasteiger charge is -2.32. The first-order valence-corrected chi connectivity index (χ1v) is 8.07. The maximum atomic E-state index is 12.8. The number of piperidine rings is 1. The normalized spacial score (nSPS) is 16.1. The zero-order valence-corrected chi connectivity index (χ0v) is 13.1. The van der Waals surface area contributed by atoms with E-state index in [9.17, 15) is 4.79 Å². The predicted molar refractivity (Wildman–Crippen MR) is 88.9 cm³/mol. The number of para-hydroxylation sites is 1. The highest BCUT2D eigenvalue weighted by molar-refractivity contribution is 6.05. The summed E-state index contributed by atoms with van der Waals surface area (Å²) in [5, 5.41) is 4.23. The fraction of sp³-hybridized carbons (Fsp3) is 0.444. The average Bonchev–Trinajstić information content (AvgIpc) is 2.59. The second-order valence-corrected chi connectivity index (χ2v) is 6.01. The molecule has 1 saturated heterocycles. The van der Waals surface area contributed by atoms with E-state index in [1.165, 1.54) is 6.42 Å². The maximum Gasteiger partial charge on any atom is 0.256 e. The van der Waals surface area contributed by atoms with Gasteiger partial charge in [0.05, 0.1) is 11.1 Å². The second kappa shape index (κ2) is 6.88. The molecule has 2 aromatic rings. The van der Waals surface area contributed by atoms with Crippen molar-refractivity contribution in [1.82, 2.24) is 15.2 Å². The fourth-order valence-corrected chi connectivity index (χ4v) is 3.22. The molecule has 0 atom stereocenters. The van der Waals surface area contributed by atoms with Crippen molar-refractivity contribution < 1.29 is 4.79 Å². The molecule has 1 N–H and O–H groups in total. The minimum atomic E-state index is 0.122. The molecule has 1 fully saturated rings. The van der Waals surface area contributed by atoms with E-state index in [2.05, 4.69) is 10.3 Å². The van der Waals surface area contributed by atoms with Crippen LogP contribution in [0.4, 0.5) is 0 Å². The lowest BCUT2D eigenvalue weighted by Crippen LogP contribution is -2.39. The summed E-state index contributed by atoms with van der Waals surface area (Å²) in [4.78, 5) is 19.2. The van der Waals surface area contributed by atoms with Crippen LogP contribution in [0.1, 0.15) is 29.6 Å². The molecule has 4 nitrogen and oxygen atoms in total. The van der Waals surface area contributed by atoms with Crippen molar-refractivity contribution in [3.8, 4) is 0 Å². The largest absolute Gasteiger partial charge is 0.339 e. The summed E-state index contributed by atoms with van der Waals surface area (Å²) in [5.74, 6) is 0.860. The molecule has 0 bridgehead atoms. The summed E-state index contributed by atoms with van der Waals surface area (Å²) in [6.45, 7) is 2.78. The van der Waals surface area contributed by atoms with Crippen LogP contribution in [0.25, 0.3) is 10.9 Å². The third-order valence-corrected chi connectivity index (χ3v) is 4.57. The second-order valence-electron chi connectivity index (χ2n) is 6.01. The van der Waals surface area contributed by atoms with E-state index in [0.717, 1.165) is 54.9 Å². The Morgan fingerprint density at radius 1 is 1.27 bits per heavy atom. The number of amides is 1. The van der Waals surface area contributed by atoms with Crippen LogP contribution in [0, 0.1) is 5.92 Å². The monoisotopic (exact) mass is 297 g/mol. The highest BCUT2D eigenvalue weighted by atomic mass is 16.2. The number of nitrogens with one attached hydrogen (secondary N) is 1. The van der Waals surface area contributed by atoms with Gasteiger partial charge in [0.25, 0.3) is 5.91 Å². The van der Waals surface area contributed by atoms with Crippen molar-refractivity contribution in [2.24, 2.45) is 5.92 Å². The molecule has 1 amide bonds. The van der Waals surface area contributed by atoms with E-state index in [1.807, 2.05) is 42.3 Å². The van der Waals surface area contributed by atoms with Crippen molar-refractivity contribution >= 4 is 16.8 Å². The van der Waals surface area contributed by atoms with E-state index in [-0.39, 0.29) is 5.91 Å². The van der Waals surface area contributed by atoms with Gasteiger partial charge in [-0.25, -0.2) is 0 Å². The van der Waals surface area contributed by atoms with Crippen LogP contribution >= 0.6 is 0 Å². The molecular weight excluding hydrogens is 274 g/mol. The molecule has 0 saturated carbocycles. The number of likely N-dealkylation sites (tertiary alicyclic amines) is 1. The molecule has 1 aliphatic heterocycles. The van der Waals surface area contributed by atoms with Crippen molar-refractivity contribution in [2.45, 2.75) is 19.3 Å². The number of pyridine rings is 1. The average molecular weight is 297 g/mol. The zero-order chi connectivity index (χ0) is 15.4. The number of benzene rings is 1. The SMILES string of the molecule is CNCCC1CCN(C(=O)c2cccc3cccnc23)CC1. The summed E-state index contributed by atoms with van der Waals surface area (Å²) >= 11 is 0. The number of carbonyl (C=O) groups excluding carboxylic acids is 1. The van der Waals surface area contributed by atoms with Gasteiger partial charge in [-0.15, -0.1) is 0 Å². The Labute approximate surface area is 131 Å². The molecule has 1 aromatic carbocycles. The first-order chi connectivity index (χ1) is 10.8. The smallest absolute Gasteiger partial charge is 0.256 e. The van der Waals surface area contributed by atoms with E-state index in [1.54, 1.807) is 6.20 Å². The first-order valence-electron chi connectivity index (χ1n) is 8.07. The molecule has 2 heterocycles. The van der Waals surface area contributed by atoms with Crippen LogP contribution in [0.15, 0.2) is 36.5 Å². The van der Waals surface area contributed by atoms with E-state index < -0.39 is 0 Å². The van der Waals surface area contributed by atoms with Crippen LogP contribution in [0.2, 0.25) is 0 Å². The van der Waals surface area contributed by atoms with Crippen LogP contribution < -0.4 is 5.32 Å². The van der Waals surface area contributed by atoms with Gasteiger partial charge in [-0.3, -0.25) is 9.78 Å². The van der Waals surface area contributed by atoms with Gasteiger partial charge >= 0.3 is 0 Å². The maximum absolute atomic E-state index is 12.8. The lowest BCUT2D eigenvalue weighted by molar-refractivity contribution is 0.0689. The fourth-order valence-electron chi connectivity index (χ4n) is 3.22. The number of hydrogen-bond acceptors (Lipinski definition) is 3. The molecule has 4 heteroatoms. The number of hydrogen-bond donors (Lipinski definition) is 1. The summed E-state index contributed by atoms with van der Waals surface area (Å²) < 4.78 is 0.